The average Bonchev–Trinajstić information content (AvgIpc) is 2.53. The van der Waals surface area contributed by atoms with Gasteiger partial charge in [0.2, 0.25) is 5.91 Å². The number of para-hydroxylation sites is 2. The molecule has 0 unspecified atom stereocenters. The zero-order valence-corrected chi connectivity index (χ0v) is 11.5. The topological polar surface area (TPSA) is 74.4 Å². The van der Waals surface area contributed by atoms with Gasteiger partial charge < -0.3 is 15.2 Å². The summed E-state index contributed by atoms with van der Waals surface area (Å²) < 4.78 is 11.6. The van der Waals surface area contributed by atoms with Crippen LogP contribution in [0.2, 0.25) is 0 Å². The standard InChI is InChI=1S/C16H16N2O3/c17-16(19)12-7-11(8-18-9-12)5-6-13-10-20-14-3-1-2-4-15(14)21-13/h1-4,7-9,13H,5-6,10H2,(H2,17,19)/t13-/m0/s1. The molecule has 0 radical (unpaired) electrons. The Morgan fingerprint density at radius 2 is 2.10 bits per heavy atom. The van der Waals surface area contributed by atoms with Crippen molar-refractivity contribution in [3.8, 4) is 11.5 Å². The van der Waals surface area contributed by atoms with Crippen LogP contribution < -0.4 is 15.2 Å². The molecule has 0 fully saturated rings. The molecule has 108 valence electrons. The summed E-state index contributed by atoms with van der Waals surface area (Å²) >= 11 is 0. The van der Waals surface area contributed by atoms with Crippen LogP contribution in [0.15, 0.2) is 42.7 Å². The van der Waals surface area contributed by atoms with E-state index in [1.165, 1.54) is 6.20 Å². The minimum Gasteiger partial charge on any atom is -0.486 e. The molecule has 2 aromatic rings. The molecule has 2 heterocycles. The first-order chi connectivity index (χ1) is 10.2. The van der Waals surface area contributed by atoms with Crippen molar-refractivity contribution in [2.45, 2.75) is 18.9 Å². The smallest absolute Gasteiger partial charge is 0.250 e. The van der Waals surface area contributed by atoms with Crippen molar-refractivity contribution in [1.29, 1.82) is 0 Å². The van der Waals surface area contributed by atoms with Crippen LogP contribution in [0.4, 0.5) is 0 Å². The van der Waals surface area contributed by atoms with Crippen LogP contribution in [0, 0.1) is 0 Å². The summed E-state index contributed by atoms with van der Waals surface area (Å²) in [4.78, 5) is 15.2. The summed E-state index contributed by atoms with van der Waals surface area (Å²) in [6.07, 6.45) is 4.76. The number of primary amides is 1. The molecule has 0 spiro atoms. The molecular weight excluding hydrogens is 268 g/mol. The summed E-state index contributed by atoms with van der Waals surface area (Å²) in [5, 5.41) is 0. The number of aryl methyl sites for hydroxylation is 1. The maximum atomic E-state index is 11.1. The lowest BCUT2D eigenvalue weighted by Crippen LogP contribution is -2.29. The number of fused-ring (bicyclic) bond motifs is 1. The molecule has 0 saturated heterocycles. The Balaban J connectivity index is 1.61. The molecule has 0 saturated carbocycles. The lowest BCUT2D eigenvalue weighted by molar-refractivity contribution is 0.0851. The number of nitrogens with two attached hydrogens (primary N) is 1. The second-order valence-electron chi connectivity index (χ2n) is 4.98. The lowest BCUT2D eigenvalue weighted by Gasteiger charge is -2.26. The highest BCUT2D eigenvalue weighted by atomic mass is 16.6. The Kier molecular flexibility index (Phi) is 3.73. The van der Waals surface area contributed by atoms with Gasteiger partial charge >= 0.3 is 0 Å². The van der Waals surface area contributed by atoms with Gasteiger partial charge in [0, 0.05) is 12.4 Å². The van der Waals surface area contributed by atoms with Gasteiger partial charge in [0.15, 0.2) is 11.5 Å². The van der Waals surface area contributed by atoms with Gasteiger partial charge in [0.05, 0.1) is 5.56 Å². The SMILES string of the molecule is NC(=O)c1cncc(CC[C@H]2COc3ccccc3O2)c1. The lowest BCUT2D eigenvalue weighted by atomic mass is 10.1. The Morgan fingerprint density at radius 1 is 1.29 bits per heavy atom. The number of ether oxygens (including phenoxy) is 2. The van der Waals surface area contributed by atoms with Crippen molar-refractivity contribution >= 4 is 5.91 Å². The van der Waals surface area contributed by atoms with Gasteiger partial charge in [-0.25, -0.2) is 0 Å². The molecule has 1 aromatic heterocycles. The minimum absolute atomic E-state index is 0.00265. The fourth-order valence-corrected chi connectivity index (χ4v) is 2.29. The van der Waals surface area contributed by atoms with E-state index in [4.69, 9.17) is 15.2 Å². The number of carbonyl (C=O) groups is 1. The van der Waals surface area contributed by atoms with E-state index in [2.05, 4.69) is 4.98 Å². The summed E-state index contributed by atoms with van der Waals surface area (Å²) in [5.74, 6) is 1.10. The molecular formula is C16H16N2O3. The average molecular weight is 284 g/mol. The van der Waals surface area contributed by atoms with Gasteiger partial charge in [0.25, 0.3) is 0 Å². The number of rotatable bonds is 4. The predicted octanol–water partition coefficient (Wildman–Crippen LogP) is 1.95. The molecule has 1 amide bonds. The van der Waals surface area contributed by atoms with Crippen LogP contribution in [0.1, 0.15) is 22.3 Å². The van der Waals surface area contributed by atoms with E-state index in [9.17, 15) is 4.79 Å². The van der Waals surface area contributed by atoms with Crippen molar-refractivity contribution in [3.05, 3.63) is 53.9 Å². The highest BCUT2D eigenvalue weighted by molar-refractivity contribution is 5.92. The molecule has 5 nitrogen and oxygen atoms in total. The quantitative estimate of drug-likeness (QED) is 0.931. The summed E-state index contributed by atoms with van der Waals surface area (Å²) in [7, 11) is 0. The maximum absolute atomic E-state index is 11.1. The Bertz CT molecular complexity index is 657. The predicted molar refractivity (Wildman–Crippen MR) is 77.4 cm³/mol. The minimum atomic E-state index is -0.462. The van der Waals surface area contributed by atoms with Crippen molar-refractivity contribution in [2.75, 3.05) is 6.61 Å². The molecule has 1 aliphatic heterocycles. The molecule has 3 rings (SSSR count). The fraction of sp³-hybridized carbons (Fsp3) is 0.250. The van der Waals surface area contributed by atoms with Gasteiger partial charge in [-0.05, 0) is 36.6 Å². The summed E-state index contributed by atoms with van der Waals surface area (Å²) in [6, 6.07) is 9.41. The van der Waals surface area contributed by atoms with Crippen molar-refractivity contribution in [2.24, 2.45) is 5.73 Å². The maximum Gasteiger partial charge on any atom is 0.250 e. The summed E-state index contributed by atoms with van der Waals surface area (Å²) in [5.41, 5.74) is 6.65. The Hall–Kier alpha value is -2.56. The number of aromatic nitrogens is 1. The van der Waals surface area contributed by atoms with E-state index in [1.54, 1.807) is 12.3 Å². The van der Waals surface area contributed by atoms with Crippen LogP contribution in [0.25, 0.3) is 0 Å². The van der Waals surface area contributed by atoms with Gasteiger partial charge in [-0.15, -0.1) is 0 Å². The van der Waals surface area contributed by atoms with Crippen molar-refractivity contribution < 1.29 is 14.3 Å². The first kappa shape index (κ1) is 13.4. The Labute approximate surface area is 122 Å². The van der Waals surface area contributed by atoms with E-state index in [0.717, 1.165) is 29.9 Å². The molecule has 1 atom stereocenters. The number of nitrogens with zero attached hydrogens (tertiary/aromatic N) is 1. The van der Waals surface area contributed by atoms with Gasteiger partial charge in [-0.3, -0.25) is 9.78 Å². The van der Waals surface area contributed by atoms with Crippen LogP contribution in [0.3, 0.4) is 0 Å². The first-order valence-corrected chi connectivity index (χ1v) is 6.84. The number of pyridine rings is 1. The third-order valence-electron chi connectivity index (χ3n) is 3.40. The van der Waals surface area contributed by atoms with Crippen LogP contribution in [-0.2, 0) is 6.42 Å². The van der Waals surface area contributed by atoms with Crippen LogP contribution in [0.5, 0.6) is 11.5 Å². The summed E-state index contributed by atoms with van der Waals surface area (Å²) in [6.45, 7) is 0.528. The van der Waals surface area contributed by atoms with E-state index >= 15 is 0 Å². The van der Waals surface area contributed by atoms with E-state index in [1.807, 2.05) is 24.3 Å². The van der Waals surface area contributed by atoms with Gasteiger partial charge in [-0.1, -0.05) is 12.1 Å². The number of amides is 1. The third-order valence-corrected chi connectivity index (χ3v) is 3.40. The van der Waals surface area contributed by atoms with Crippen molar-refractivity contribution in [3.63, 3.8) is 0 Å². The monoisotopic (exact) mass is 284 g/mol. The second-order valence-corrected chi connectivity index (χ2v) is 4.98. The number of benzene rings is 1. The van der Waals surface area contributed by atoms with Gasteiger partial charge in [0.1, 0.15) is 12.7 Å². The molecule has 5 heteroatoms. The zero-order valence-electron chi connectivity index (χ0n) is 11.5. The highest BCUT2D eigenvalue weighted by Gasteiger charge is 2.20. The Morgan fingerprint density at radius 3 is 2.90 bits per heavy atom. The molecule has 2 N–H and O–H groups in total. The highest BCUT2D eigenvalue weighted by Crippen LogP contribution is 2.31. The number of hydrogen-bond donors (Lipinski definition) is 1. The van der Waals surface area contributed by atoms with E-state index in [0.29, 0.717) is 12.2 Å². The largest absolute Gasteiger partial charge is 0.486 e. The third kappa shape index (κ3) is 3.13. The van der Waals surface area contributed by atoms with E-state index < -0.39 is 5.91 Å². The zero-order chi connectivity index (χ0) is 14.7. The van der Waals surface area contributed by atoms with Crippen LogP contribution in [-0.4, -0.2) is 23.6 Å². The normalized spacial score (nSPS) is 16.5. The molecule has 0 bridgehead atoms. The second kappa shape index (κ2) is 5.83. The van der Waals surface area contributed by atoms with Crippen LogP contribution >= 0.6 is 0 Å². The molecule has 0 aliphatic carbocycles. The van der Waals surface area contributed by atoms with Crippen molar-refractivity contribution in [1.82, 2.24) is 4.98 Å². The van der Waals surface area contributed by atoms with E-state index in [-0.39, 0.29) is 6.10 Å². The van der Waals surface area contributed by atoms with Gasteiger partial charge in [-0.2, -0.15) is 0 Å². The number of hydrogen-bond acceptors (Lipinski definition) is 4. The molecule has 1 aliphatic rings. The first-order valence-electron chi connectivity index (χ1n) is 6.84. The number of carbonyl (C=O) groups excluding carboxylic acids is 1. The fourth-order valence-electron chi connectivity index (χ4n) is 2.29. The molecule has 21 heavy (non-hydrogen) atoms. The molecule has 1 aromatic carbocycles.